The van der Waals surface area contributed by atoms with Crippen LogP contribution >= 0.6 is 0 Å². The average Bonchev–Trinajstić information content (AvgIpc) is 2.61. The summed E-state index contributed by atoms with van der Waals surface area (Å²) in [5, 5.41) is 2.85. The Bertz CT molecular complexity index is 771. The second-order valence-corrected chi connectivity index (χ2v) is 5.88. The number of nitrogens with one attached hydrogen (secondary N) is 1. The molecule has 1 N–H and O–H groups in total. The van der Waals surface area contributed by atoms with Crippen LogP contribution in [-0.4, -0.2) is 32.0 Å². The number of methoxy groups -OCH3 is 1. The summed E-state index contributed by atoms with van der Waals surface area (Å²) in [4.78, 5) is 26.0. The van der Waals surface area contributed by atoms with Crippen LogP contribution in [0.15, 0.2) is 42.5 Å². The van der Waals surface area contributed by atoms with E-state index in [0.717, 1.165) is 16.8 Å². The van der Waals surface area contributed by atoms with Crippen molar-refractivity contribution >= 4 is 17.5 Å². The van der Waals surface area contributed by atoms with Gasteiger partial charge in [-0.3, -0.25) is 9.59 Å². The average molecular weight is 340 g/mol. The quantitative estimate of drug-likeness (QED) is 0.879. The molecule has 0 saturated carbocycles. The molecule has 5 nitrogen and oxygen atoms in total. The van der Waals surface area contributed by atoms with Crippen LogP contribution in [0, 0.1) is 13.8 Å². The van der Waals surface area contributed by atoms with E-state index in [1.165, 1.54) is 6.92 Å². The smallest absolute Gasteiger partial charge is 0.251 e. The van der Waals surface area contributed by atoms with Crippen LogP contribution in [0.3, 0.4) is 0 Å². The third-order valence-electron chi connectivity index (χ3n) is 4.20. The van der Waals surface area contributed by atoms with Crippen molar-refractivity contribution in [1.29, 1.82) is 0 Å². The van der Waals surface area contributed by atoms with Crippen molar-refractivity contribution in [2.24, 2.45) is 0 Å². The Labute approximate surface area is 148 Å². The van der Waals surface area contributed by atoms with Gasteiger partial charge in [0.15, 0.2) is 0 Å². The van der Waals surface area contributed by atoms with Gasteiger partial charge in [-0.25, -0.2) is 0 Å². The van der Waals surface area contributed by atoms with Gasteiger partial charge in [0, 0.05) is 31.3 Å². The molecule has 0 atom stereocenters. The maximum absolute atomic E-state index is 12.3. The molecule has 0 bridgehead atoms. The number of aryl methyl sites for hydroxylation is 1. The van der Waals surface area contributed by atoms with Gasteiger partial charge >= 0.3 is 0 Å². The molecule has 2 amide bonds. The topological polar surface area (TPSA) is 58.6 Å². The molecule has 0 saturated heterocycles. The Hall–Kier alpha value is -2.82. The number of hydrogen-bond donors (Lipinski definition) is 1. The van der Waals surface area contributed by atoms with Crippen LogP contribution in [0.5, 0.6) is 5.75 Å². The van der Waals surface area contributed by atoms with Gasteiger partial charge in [-0.1, -0.05) is 18.2 Å². The second-order valence-electron chi connectivity index (χ2n) is 5.88. The largest absolute Gasteiger partial charge is 0.497 e. The minimum Gasteiger partial charge on any atom is -0.497 e. The van der Waals surface area contributed by atoms with E-state index in [4.69, 9.17) is 4.74 Å². The first-order valence-corrected chi connectivity index (χ1v) is 8.20. The van der Waals surface area contributed by atoms with Crippen molar-refractivity contribution in [3.8, 4) is 5.75 Å². The van der Waals surface area contributed by atoms with Gasteiger partial charge < -0.3 is 15.0 Å². The zero-order chi connectivity index (χ0) is 18.4. The lowest BCUT2D eigenvalue weighted by Gasteiger charge is -2.24. The Balaban J connectivity index is 2.03. The van der Waals surface area contributed by atoms with Gasteiger partial charge in [0.05, 0.1) is 7.11 Å². The number of carbonyl (C=O) groups is 2. The SMILES string of the molecule is COc1cccc(C(=O)NCCN(C(C)=O)c2cccc(C)c2C)c1. The van der Waals surface area contributed by atoms with Gasteiger partial charge in [-0.2, -0.15) is 0 Å². The molecule has 0 aliphatic carbocycles. The predicted octanol–water partition coefficient (Wildman–Crippen LogP) is 3.09. The molecule has 0 radical (unpaired) electrons. The number of carbonyl (C=O) groups excluding carboxylic acids is 2. The molecular formula is C20H24N2O3. The predicted molar refractivity (Wildman–Crippen MR) is 99.3 cm³/mol. The number of anilines is 1. The van der Waals surface area contributed by atoms with Crippen molar-refractivity contribution in [3.05, 3.63) is 59.2 Å². The maximum atomic E-state index is 12.3. The van der Waals surface area contributed by atoms with Crippen LogP contribution in [0.2, 0.25) is 0 Å². The minimum atomic E-state index is -0.191. The zero-order valence-corrected chi connectivity index (χ0v) is 15.1. The fourth-order valence-corrected chi connectivity index (χ4v) is 2.62. The van der Waals surface area contributed by atoms with E-state index in [-0.39, 0.29) is 11.8 Å². The lowest BCUT2D eigenvalue weighted by atomic mass is 10.1. The number of ether oxygens (including phenoxy) is 1. The molecule has 2 aromatic carbocycles. The summed E-state index contributed by atoms with van der Waals surface area (Å²) in [6.07, 6.45) is 0. The fraction of sp³-hybridized carbons (Fsp3) is 0.300. The highest BCUT2D eigenvalue weighted by atomic mass is 16.5. The standard InChI is InChI=1S/C20H24N2O3/c1-14-7-5-10-19(15(14)2)22(16(3)23)12-11-21-20(24)17-8-6-9-18(13-17)25-4/h5-10,13H,11-12H2,1-4H3,(H,21,24). The molecule has 2 aromatic rings. The van der Waals surface area contributed by atoms with Gasteiger partial charge in [-0.15, -0.1) is 0 Å². The summed E-state index contributed by atoms with van der Waals surface area (Å²) in [5.74, 6) is 0.390. The van der Waals surface area contributed by atoms with E-state index >= 15 is 0 Å². The number of nitrogens with zero attached hydrogens (tertiary/aromatic N) is 1. The number of benzene rings is 2. The molecule has 0 aliphatic heterocycles. The molecule has 0 heterocycles. The lowest BCUT2D eigenvalue weighted by molar-refractivity contribution is -0.116. The molecule has 0 aromatic heterocycles. The van der Waals surface area contributed by atoms with Crippen LogP contribution in [0.1, 0.15) is 28.4 Å². The molecule has 132 valence electrons. The molecule has 0 fully saturated rings. The van der Waals surface area contributed by atoms with E-state index in [1.54, 1.807) is 36.3 Å². The first kappa shape index (κ1) is 18.5. The summed E-state index contributed by atoms with van der Waals surface area (Å²) in [6, 6.07) is 12.8. The second kappa shape index (κ2) is 8.33. The van der Waals surface area contributed by atoms with Crippen molar-refractivity contribution in [3.63, 3.8) is 0 Å². The molecular weight excluding hydrogens is 316 g/mol. The summed E-state index contributed by atoms with van der Waals surface area (Å²) in [5.41, 5.74) is 3.60. The third-order valence-corrected chi connectivity index (χ3v) is 4.20. The molecule has 5 heteroatoms. The number of rotatable bonds is 6. The van der Waals surface area contributed by atoms with E-state index in [2.05, 4.69) is 5.32 Å². The van der Waals surface area contributed by atoms with E-state index < -0.39 is 0 Å². The Morgan fingerprint density at radius 2 is 1.84 bits per heavy atom. The van der Waals surface area contributed by atoms with Crippen molar-refractivity contribution in [2.75, 3.05) is 25.1 Å². The monoisotopic (exact) mass is 340 g/mol. The molecule has 0 unspecified atom stereocenters. The summed E-state index contributed by atoms with van der Waals surface area (Å²) >= 11 is 0. The van der Waals surface area contributed by atoms with E-state index in [1.807, 2.05) is 32.0 Å². The highest BCUT2D eigenvalue weighted by molar-refractivity contribution is 5.95. The van der Waals surface area contributed by atoms with Gasteiger partial charge in [0.2, 0.25) is 5.91 Å². The molecule has 25 heavy (non-hydrogen) atoms. The van der Waals surface area contributed by atoms with E-state index in [9.17, 15) is 9.59 Å². The van der Waals surface area contributed by atoms with E-state index in [0.29, 0.717) is 24.4 Å². The Morgan fingerprint density at radius 1 is 1.12 bits per heavy atom. The third kappa shape index (κ3) is 4.59. The first-order valence-electron chi connectivity index (χ1n) is 8.20. The maximum Gasteiger partial charge on any atom is 0.251 e. The molecule has 0 spiro atoms. The summed E-state index contributed by atoms with van der Waals surface area (Å²) < 4.78 is 5.13. The fourth-order valence-electron chi connectivity index (χ4n) is 2.62. The normalized spacial score (nSPS) is 10.2. The van der Waals surface area contributed by atoms with Crippen molar-refractivity contribution in [1.82, 2.24) is 5.32 Å². The highest BCUT2D eigenvalue weighted by Crippen LogP contribution is 2.22. The number of hydrogen-bond acceptors (Lipinski definition) is 3. The highest BCUT2D eigenvalue weighted by Gasteiger charge is 2.15. The first-order chi connectivity index (χ1) is 11.9. The molecule has 0 aliphatic rings. The minimum absolute atomic E-state index is 0.0515. The van der Waals surface area contributed by atoms with Crippen molar-refractivity contribution < 1.29 is 14.3 Å². The van der Waals surface area contributed by atoms with Crippen LogP contribution in [0.4, 0.5) is 5.69 Å². The Kier molecular flexibility index (Phi) is 6.17. The van der Waals surface area contributed by atoms with Crippen LogP contribution in [0.25, 0.3) is 0 Å². The number of amides is 2. The molecule has 2 rings (SSSR count). The van der Waals surface area contributed by atoms with Gasteiger partial charge in [0.25, 0.3) is 5.91 Å². The zero-order valence-electron chi connectivity index (χ0n) is 15.1. The van der Waals surface area contributed by atoms with Gasteiger partial charge in [0.1, 0.15) is 5.75 Å². The Morgan fingerprint density at radius 3 is 2.52 bits per heavy atom. The van der Waals surface area contributed by atoms with Crippen LogP contribution < -0.4 is 15.0 Å². The van der Waals surface area contributed by atoms with Crippen LogP contribution in [-0.2, 0) is 4.79 Å². The van der Waals surface area contributed by atoms with Crippen molar-refractivity contribution in [2.45, 2.75) is 20.8 Å². The lowest BCUT2D eigenvalue weighted by Crippen LogP contribution is -2.38. The van der Waals surface area contributed by atoms with Gasteiger partial charge in [-0.05, 0) is 49.2 Å². The summed E-state index contributed by atoms with van der Waals surface area (Å²) in [6.45, 7) is 6.32. The summed E-state index contributed by atoms with van der Waals surface area (Å²) in [7, 11) is 1.56.